The Morgan fingerprint density at radius 1 is 1.21 bits per heavy atom. The summed E-state index contributed by atoms with van der Waals surface area (Å²) >= 11 is 0. The fourth-order valence-electron chi connectivity index (χ4n) is 3.59. The first-order chi connectivity index (χ1) is 15.5. The molecule has 0 aliphatic carbocycles. The van der Waals surface area contributed by atoms with E-state index in [2.05, 4.69) is 15.0 Å². The molecule has 4 rings (SSSR count). The fraction of sp³-hybridized carbons (Fsp3) is 0.300. The van der Waals surface area contributed by atoms with E-state index in [4.69, 9.17) is 0 Å². The van der Waals surface area contributed by atoms with Gasteiger partial charge in [0.1, 0.15) is 5.69 Å². The van der Waals surface area contributed by atoms with Crippen molar-refractivity contribution in [2.75, 3.05) is 18.8 Å². The Morgan fingerprint density at radius 3 is 2.55 bits per heavy atom. The summed E-state index contributed by atoms with van der Waals surface area (Å²) in [6, 6.07) is 2.81. The van der Waals surface area contributed by atoms with Crippen LogP contribution in [-0.2, 0) is 9.84 Å². The van der Waals surface area contributed by atoms with Crippen molar-refractivity contribution in [3.63, 3.8) is 0 Å². The van der Waals surface area contributed by atoms with Crippen LogP contribution in [0.25, 0.3) is 11.4 Å². The number of sulfone groups is 1. The van der Waals surface area contributed by atoms with Crippen LogP contribution in [0.1, 0.15) is 23.8 Å². The maximum absolute atomic E-state index is 13.3. The van der Waals surface area contributed by atoms with Crippen LogP contribution in [0, 0.1) is 0 Å². The number of amides is 1. The summed E-state index contributed by atoms with van der Waals surface area (Å²) in [6.07, 6.45) is 0.351. The van der Waals surface area contributed by atoms with Gasteiger partial charge in [0, 0.05) is 37.1 Å². The van der Waals surface area contributed by atoms with E-state index in [1.165, 1.54) is 31.6 Å². The Hall–Kier alpha value is -3.32. The van der Waals surface area contributed by atoms with Gasteiger partial charge >= 0.3 is 6.18 Å². The molecule has 0 unspecified atom stereocenters. The second kappa shape index (κ2) is 8.23. The third kappa shape index (κ3) is 4.20. The molecular formula is C20H18F3N5O4S. The van der Waals surface area contributed by atoms with Crippen molar-refractivity contribution in [2.24, 2.45) is 0 Å². The minimum Gasteiger partial charge on any atom is -0.305 e. The number of hydrogen-bond donors (Lipinski definition) is 1. The van der Waals surface area contributed by atoms with Gasteiger partial charge in [0.2, 0.25) is 0 Å². The number of nitrogens with zero attached hydrogens (tertiary/aromatic N) is 5. The van der Waals surface area contributed by atoms with Crippen molar-refractivity contribution in [3.8, 4) is 11.4 Å². The monoisotopic (exact) mass is 481 g/mol. The van der Waals surface area contributed by atoms with E-state index in [-0.39, 0.29) is 46.4 Å². The Kier molecular flexibility index (Phi) is 5.70. The largest absolute Gasteiger partial charge is 0.414 e. The highest BCUT2D eigenvalue weighted by atomic mass is 32.2. The van der Waals surface area contributed by atoms with E-state index >= 15 is 0 Å². The molecule has 0 aromatic carbocycles. The summed E-state index contributed by atoms with van der Waals surface area (Å²) < 4.78 is 65.3. The minimum atomic E-state index is -4.71. The molecule has 174 valence electrons. The van der Waals surface area contributed by atoms with Gasteiger partial charge in [-0.05, 0) is 18.2 Å². The van der Waals surface area contributed by atoms with Crippen LogP contribution in [0.2, 0.25) is 0 Å². The molecule has 0 fully saturated rings. The first kappa shape index (κ1) is 22.9. The molecule has 1 amide bonds. The van der Waals surface area contributed by atoms with Crippen LogP contribution < -0.4 is 0 Å². The first-order valence-corrected chi connectivity index (χ1v) is 11.5. The predicted octanol–water partition coefficient (Wildman–Crippen LogP) is 2.58. The summed E-state index contributed by atoms with van der Waals surface area (Å²) in [4.78, 5) is 26.1. The normalized spacial score (nSPS) is 16.7. The van der Waals surface area contributed by atoms with E-state index in [0.29, 0.717) is 5.06 Å². The van der Waals surface area contributed by atoms with Gasteiger partial charge in [0.05, 0.1) is 34.2 Å². The van der Waals surface area contributed by atoms with Crippen molar-refractivity contribution in [1.82, 2.24) is 24.9 Å². The summed E-state index contributed by atoms with van der Waals surface area (Å²) in [6.45, 7) is 0.595. The van der Waals surface area contributed by atoms with Crippen LogP contribution >= 0.6 is 0 Å². The fourth-order valence-corrected chi connectivity index (χ4v) is 4.64. The number of halogens is 3. The van der Waals surface area contributed by atoms with E-state index in [1.54, 1.807) is 6.07 Å². The lowest BCUT2D eigenvalue weighted by molar-refractivity contribution is -0.115. The van der Waals surface area contributed by atoms with E-state index in [1.807, 2.05) is 0 Å². The Morgan fingerprint density at radius 2 is 1.91 bits per heavy atom. The molecule has 0 atom stereocenters. The zero-order chi connectivity index (χ0) is 24.0. The molecule has 0 spiro atoms. The quantitative estimate of drug-likeness (QED) is 0.708. The molecule has 0 saturated heterocycles. The van der Waals surface area contributed by atoms with Crippen molar-refractivity contribution in [2.45, 2.75) is 24.4 Å². The van der Waals surface area contributed by atoms with Crippen molar-refractivity contribution in [1.29, 1.82) is 0 Å². The molecular weight excluding hydrogens is 463 g/mol. The van der Waals surface area contributed by atoms with Crippen molar-refractivity contribution >= 4 is 15.7 Å². The number of pyridine rings is 1. The van der Waals surface area contributed by atoms with Gasteiger partial charge in [-0.25, -0.2) is 23.4 Å². The van der Waals surface area contributed by atoms with Crippen LogP contribution in [0.5, 0.6) is 0 Å². The summed E-state index contributed by atoms with van der Waals surface area (Å²) in [5.41, 5.74) is -1.20. The highest BCUT2D eigenvalue weighted by molar-refractivity contribution is 7.91. The molecule has 4 heterocycles. The van der Waals surface area contributed by atoms with Gasteiger partial charge in [-0.1, -0.05) is 6.92 Å². The van der Waals surface area contributed by atoms with E-state index < -0.39 is 39.7 Å². The highest BCUT2D eigenvalue weighted by Crippen LogP contribution is 2.37. The third-order valence-electron chi connectivity index (χ3n) is 5.30. The number of hydrogen-bond acceptors (Lipinski definition) is 8. The van der Waals surface area contributed by atoms with Crippen LogP contribution in [0.4, 0.5) is 13.2 Å². The number of carbonyl (C=O) groups is 1. The average molecular weight is 481 g/mol. The lowest BCUT2D eigenvalue weighted by Crippen LogP contribution is -2.34. The van der Waals surface area contributed by atoms with Crippen molar-refractivity contribution < 1.29 is 31.6 Å². The Balaban J connectivity index is 1.79. The molecule has 1 N–H and O–H groups in total. The van der Waals surface area contributed by atoms with Gasteiger partial charge in [0.15, 0.2) is 15.7 Å². The predicted molar refractivity (Wildman–Crippen MR) is 108 cm³/mol. The molecule has 0 radical (unpaired) electrons. The lowest BCUT2D eigenvalue weighted by atomic mass is 10.1. The van der Waals surface area contributed by atoms with E-state index in [9.17, 15) is 31.6 Å². The van der Waals surface area contributed by atoms with Gasteiger partial charge in [-0.15, -0.1) is 0 Å². The maximum atomic E-state index is 13.3. The molecule has 33 heavy (non-hydrogen) atoms. The second-order valence-electron chi connectivity index (χ2n) is 7.31. The summed E-state index contributed by atoms with van der Waals surface area (Å²) in [5, 5.41) is 10.5. The highest BCUT2D eigenvalue weighted by Gasteiger charge is 2.42. The van der Waals surface area contributed by atoms with Gasteiger partial charge in [0.25, 0.3) is 5.91 Å². The molecule has 13 heteroatoms. The zero-order valence-corrected chi connectivity index (χ0v) is 18.1. The van der Waals surface area contributed by atoms with E-state index in [0.717, 1.165) is 11.0 Å². The number of hydroxylamine groups is 2. The summed E-state index contributed by atoms with van der Waals surface area (Å²) in [7, 11) is -3.94. The van der Waals surface area contributed by atoms with Gasteiger partial charge < -0.3 is 4.90 Å². The number of aromatic nitrogens is 3. The standard InChI is InChI=1S/C20H18F3N5O4S/c1-2-33(31,32)16-8-12(18-24-5-3-6-25-18)10-26-17(16)19(29)27-7-4-14-15(27)9-13(11-28(14)30)20(21,22)23/h3,5-6,8-10,30H,2,4,7,11H2,1H3. The van der Waals surface area contributed by atoms with Gasteiger partial charge in [-0.3, -0.25) is 15.1 Å². The summed E-state index contributed by atoms with van der Waals surface area (Å²) in [5.74, 6) is -1.02. The number of rotatable bonds is 4. The van der Waals surface area contributed by atoms with Crippen LogP contribution in [0.15, 0.2) is 58.7 Å². The second-order valence-corrected chi connectivity index (χ2v) is 9.56. The lowest BCUT2D eigenvalue weighted by Gasteiger charge is -2.28. The molecule has 2 aromatic rings. The number of alkyl halides is 3. The number of allylic oxidation sites excluding steroid dienone is 1. The molecule has 2 aromatic heterocycles. The Bertz CT molecular complexity index is 1280. The number of carbonyl (C=O) groups excluding carboxylic acids is 1. The molecule has 9 nitrogen and oxygen atoms in total. The van der Waals surface area contributed by atoms with Crippen LogP contribution in [0.3, 0.4) is 0 Å². The van der Waals surface area contributed by atoms with Crippen molar-refractivity contribution in [3.05, 3.63) is 59.5 Å². The average Bonchev–Trinajstić information content (AvgIpc) is 3.23. The molecule has 0 bridgehead atoms. The smallest absolute Gasteiger partial charge is 0.305 e. The topological polar surface area (TPSA) is 117 Å². The van der Waals surface area contributed by atoms with Gasteiger partial charge in [-0.2, -0.15) is 13.2 Å². The zero-order valence-electron chi connectivity index (χ0n) is 17.2. The van der Waals surface area contributed by atoms with Crippen LogP contribution in [-0.4, -0.2) is 69.5 Å². The maximum Gasteiger partial charge on any atom is 0.414 e. The first-order valence-electron chi connectivity index (χ1n) is 9.82. The Labute approximate surface area is 186 Å². The molecule has 0 saturated carbocycles. The SMILES string of the molecule is CCS(=O)(=O)c1cc(-c2ncccn2)cnc1C(=O)N1CCC2=C1C=C(C(F)(F)F)CN2O. The molecule has 2 aliphatic rings. The third-order valence-corrected chi connectivity index (χ3v) is 7.05. The minimum absolute atomic E-state index is 0.0426. The molecule has 2 aliphatic heterocycles.